The number of hydrogen-bond donors (Lipinski definition) is 0. The second-order valence-electron chi connectivity index (χ2n) is 8.41. The van der Waals surface area contributed by atoms with E-state index in [-0.39, 0.29) is 18.0 Å². The minimum absolute atomic E-state index is 0.102. The maximum Gasteiger partial charge on any atom is 0.337 e. The lowest BCUT2D eigenvalue weighted by atomic mass is 10.0. The van der Waals surface area contributed by atoms with Gasteiger partial charge in [-0.05, 0) is 12.1 Å². The molecule has 0 spiro atoms. The fourth-order valence-corrected chi connectivity index (χ4v) is 3.91. The van der Waals surface area contributed by atoms with Crippen LogP contribution in [0.4, 0.5) is 0 Å². The highest BCUT2D eigenvalue weighted by Gasteiger charge is 2.48. The molecule has 1 heterocycles. The molecule has 13 nitrogen and oxygen atoms in total. The van der Waals surface area contributed by atoms with Crippen molar-refractivity contribution in [3.63, 3.8) is 0 Å². The molecule has 2 rings (SSSR count). The molecule has 1 amide bonds. The van der Waals surface area contributed by atoms with Crippen LogP contribution in [0.3, 0.4) is 0 Å². The predicted molar refractivity (Wildman–Crippen MR) is 126 cm³/mol. The quantitative estimate of drug-likeness (QED) is 0.309. The highest BCUT2D eigenvalue weighted by Crippen LogP contribution is 2.34. The van der Waals surface area contributed by atoms with Crippen LogP contribution in [0.25, 0.3) is 0 Å². The van der Waals surface area contributed by atoms with Crippen LogP contribution in [-0.4, -0.2) is 85.3 Å². The standard InChI is InChI=1S/C25H31NO12/c1-13(27)26-11-20(38-24(26)18-7-9-19(10-8-18)25(32)33-6)22(36-16(4)30)23(37-17(5)31)21(35-15(3)29)12-34-14(2)28/h7-10,20-24H,11-12H2,1-6H3/t20-,21+,22+,23-,24+/m0/s1. The average Bonchev–Trinajstić information content (AvgIpc) is 3.28. The Kier molecular flexibility index (Phi) is 10.8. The number of carbonyl (C=O) groups excluding carboxylic acids is 6. The first-order valence-corrected chi connectivity index (χ1v) is 11.6. The van der Waals surface area contributed by atoms with Crippen LogP contribution in [0.15, 0.2) is 24.3 Å². The Hall–Kier alpha value is -4.00. The first-order valence-electron chi connectivity index (χ1n) is 11.6. The third-order valence-electron chi connectivity index (χ3n) is 5.41. The summed E-state index contributed by atoms with van der Waals surface area (Å²) in [4.78, 5) is 72.9. The van der Waals surface area contributed by atoms with E-state index in [1.54, 1.807) is 12.1 Å². The normalized spacial score (nSPS) is 18.9. The van der Waals surface area contributed by atoms with Crippen LogP contribution < -0.4 is 0 Å². The summed E-state index contributed by atoms with van der Waals surface area (Å²) < 4.78 is 31.9. The zero-order valence-electron chi connectivity index (χ0n) is 22.0. The van der Waals surface area contributed by atoms with Crippen molar-refractivity contribution >= 4 is 35.8 Å². The lowest BCUT2D eigenvalue weighted by Gasteiger charge is -2.34. The summed E-state index contributed by atoms with van der Waals surface area (Å²) in [6.07, 6.45) is -6.22. The van der Waals surface area contributed by atoms with Crippen molar-refractivity contribution in [2.24, 2.45) is 0 Å². The first kappa shape index (κ1) is 30.2. The molecule has 5 atom stereocenters. The molecule has 0 radical (unpaired) electrons. The van der Waals surface area contributed by atoms with E-state index in [0.29, 0.717) is 5.56 Å². The lowest BCUT2D eigenvalue weighted by molar-refractivity contribution is -0.200. The van der Waals surface area contributed by atoms with Crippen molar-refractivity contribution in [3.05, 3.63) is 35.4 Å². The Morgan fingerprint density at radius 3 is 1.92 bits per heavy atom. The molecule has 0 unspecified atom stereocenters. The van der Waals surface area contributed by atoms with E-state index in [1.807, 2.05) is 0 Å². The number of methoxy groups -OCH3 is 1. The highest BCUT2D eigenvalue weighted by molar-refractivity contribution is 5.89. The number of rotatable bonds is 10. The molecule has 1 fully saturated rings. The molecular formula is C25H31NO12. The Morgan fingerprint density at radius 1 is 0.868 bits per heavy atom. The number of carbonyl (C=O) groups is 6. The van der Waals surface area contributed by atoms with Crippen LogP contribution in [-0.2, 0) is 52.4 Å². The maximum atomic E-state index is 12.5. The molecule has 0 saturated carbocycles. The first-order chi connectivity index (χ1) is 17.8. The van der Waals surface area contributed by atoms with Crippen LogP contribution in [0.1, 0.15) is 56.8 Å². The zero-order chi connectivity index (χ0) is 28.6. The molecule has 0 N–H and O–H groups in total. The van der Waals surface area contributed by atoms with E-state index in [2.05, 4.69) is 0 Å². The molecule has 1 saturated heterocycles. The Balaban J connectivity index is 2.47. The molecule has 0 bridgehead atoms. The van der Waals surface area contributed by atoms with Crippen LogP contribution in [0.2, 0.25) is 0 Å². The lowest BCUT2D eigenvalue weighted by Crippen LogP contribution is -2.53. The summed E-state index contributed by atoms with van der Waals surface area (Å²) >= 11 is 0. The second kappa shape index (κ2) is 13.5. The third kappa shape index (κ3) is 8.26. The van der Waals surface area contributed by atoms with E-state index in [9.17, 15) is 28.8 Å². The minimum Gasteiger partial charge on any atom is -0.465 e. The molecule has 1 aliphatic rings. The Bertz CT molecular complexity index is 1050. The molecular weight excluding hydrogens is 506 g/mol. The fraction of sp³-hybridized carbons (Fsp3) is 0.520. The largest absolute Gasteiger partial charge is 0.465 e. The number of nitrogens with zero attached hydrogens (tertiary/aromatic N) is 1. The van der Waals surface area contributed by atoms with Gasteiger partial charge in [-0.25, -0.2) is 4.79 Å². The average molecular weight is 538 g/mol. The number of hydrogen-bond acceptors (Lipinski definition) is 12. The van der Waals surface area contributed by atoms with Gasteiger partial charge in [-0.15, -0.1) is 0 Å². The summed E-state index contributed by atoms with van der Waals surface area (Å²) in [6.45, 7) is 5.15. The second-order valence-corrected chi connectivity index (χ2v) is 8.41. The zero-order valence-corrected chi connectivity index (χ0v) is 22.0. The van der Waals surface area contributed by atoms with Crippen LogP contribution in [0.5, 0.6) is 0 Å². The van der Waals surface area contributed by atoms with Crippen molar-refractivity contribution < 1.29 is 57.2 Å². The van der Waals surface area contributed by atoms with Crippen molar-refractivity contribution in [2.45, 2.75) is 65.3 Å². The van der Waals surface area contributed by atoms with Crippen LogP contribution in [0, 0.1) is 0 Å². The monoisotopic (exact) mass is 537 g/mol. The molecule has 1 aromatic carbocycles. The van der Waals surface area contributed by atoms with Gasteiger partial charge in [0.15, 0.2) is 24.5 Å². The molecule has 13 heteroatoms. The fourth-order valence-electron chi connectivity index (χ4n) is 3.91. The van der Waals surface area contributed by atoms with Crippen molar-refractivity contribution in [2.75, 3.05) is 20.3 Å². The van der Waals surface area contributed by atoms with Gasteiger partial charge in [-0.2, -0.15) is 0 Å². The summed E-state index contributed by atoms with van der Waals surface area (Å²) in [7, 11) is 1.25. The molecule has 1 aromatic rings. The van der Waals surface area contributed by atoms with Gasteiger partial charge in [-0.3, -0.25) is 24.0 Å². The molecule has 38 heavy (non-hydrogen) atoms. The minimum atomic E-state index is -1.46. The summed E-state index contributed by atoms with van der Waals surface area (Å²) in [5.41, 5.74) is 0.778. The van der Waals surface area contributed by atoms with Gasteiger partial charge in [0.1, 0.15) is 12.7 Å². The molecule has 0 aromatic heterocycles. The smallest absolute Gasteiger partial charge is 0.337 e. The topological polar surface area (TPSA) is 161 Å². The number of ether oxygens (including phenoxy) is 6. The molecule has 1 aliphatic heterocycles. The summed E-state index contributed by atoms with van der Waals surface area (Å²) in [5.74, 6) is -3.97. The van der Waals surface area contributed by atoms with Crippen molar-refractivity contribution in [3.8, 4) is 0 Å². The van der Waals surface area contributed by atoms with E-state index in [0.717, 1.165) is 27.7 Å². The summed E-state index contributed by atoms with van der Waals surface area (Å²) in [5, 5.41) is 0. The Labute approximate surface area is 219 Å². The number of benzene rings is 1. The van der Waals surface area contributed by atoms with Crippen molar-refractivity contribution in [1.82, 2.24) is 4.90 Å². The molecule has 208 valence electrons. The van der Waals surface area contributed by atoms with Crippen LogP contribution >= 0.6 is 0 Å². The number of esters is 5. The van der Waals surface area contributed by atoms with Gasteiger partial charge in [-0.1, -0.05) is 12.1 Å². The SMILES string of the molecule is COC(=O)c1ccc([C@H]2O[C@H]([C@@H](OC(C)=O)[C@@H](OC(C)=O)[C@@H](COC(C)=O)OC(C)=O)CN2C(C)=O)cc1. The van der Waals surface area contributed by atoms with Gasteiger partial charge in [0.2, 0.25) is 5.91 Å². The maximum absolute atomic E-state index is 12.5. The van der Waals surface area contributed by atoms with Gasteiger partial charge in [0, 0.05) is 40.2 Å². The van der Waals surface area contributed by atoms with E-state index in [4.69, 9.17) is 28.4 Å². The third-order valence-corrected chi connectivity index (χ3v) is 5.41. The van der Waals surface area contributed by atoms with Crippen molar-refractivity contribution in [1.29, 1.82) is 0 Å². The number of amides is 1. The predicted octanol–water partition coefficient (Wildman–Crippen LogP) is 1.08. The van der Waals surface area contributed by atoms with E-state index < -0.39 is 67.1 Å². The van der Waals surface area contributed by atoms with E-state index >= 15 is 0 Å². The molecule has 0 aliphatic carbocycles. The van der Waals surface area contributed by atoms with Gasteiger partial charge in [0.05, 0.1) is 19.2 Å². The highest BCUT2D eigenvalue weighted by atomic mass is 16.6. The van der Waals surface area contributed by atoms with Gasteiger partial charge in [0.25, 0.3) is 0 Å². The van der Waals surface area contributed by atoms with Gasteiger partial charge >= 0.3 is 29.8 Å². The Morgan fingerprint density at radius 2 is 1.45 bits per heavy atom. The van der Waals surface area contributed by atoms with Gasteiger partial charge < -0.3 is 33.3 Å². The van der Waals surface area contributed by atoms with E-state index in [1.165, 1.54) is 31.1 Å². The summed E-state index contributed by atoms with van der Waals surface area (Å²) in [6, 6.07) is 6.14.